The third-order valence-electron chi connectivity index (χ3n) is 5.15. The summed E-state index contributed by atoms with van der Waals surface area (Å²) in [4.78, 5) is 40.0. The normalized spacial score (nSPS) is 14.6. The van der Waals surface area contributed by atoms with Crippen molar-refractivity contribution in [1.29, 1.82) is 0 Å². The first-order valence-electron chi connectivity index (χ1n) is 12.6. The fourth-order valence-electron chi connectivity index (χ4n) is 3.13. The smallest absolute Gasteiger partial charge is 0.444 e. The van der Waals surface area contributed by atoms with Crippen LogP contribution in [0.2, 0.25) is 0 Å². The Balaban J connectivity index is 1.98. The minimum Gasteiger partial charge on any atom is -0.444 e. The molecule has 2 N–H and O–H groups in total. The molecule has 0 aliphatic rings. The van der Waals surface area contributed by atoms with Gasteiger partial charge in [0.05, 0.1) is 40.1 Å². The van der Waals surface area contributed by atoms with Crippen LogP contribution in [0.15, 0.2) is 60.7 Å². The molecule has 3 atom stereocenters. The second kappa shape index (κ2) is 16.4. The lowest BCUT2D eigenvalue weighted by atomic mass is 10.2. The van der Waals surface area contributed by atoms with Crippen molar-refractivity contribution in [2.75, 3.05) is 34.0 Å². The lowest BCUT2D eigenvalue weighted by Crippen LogP contribution is -2.50. The number of nitrogens with zero attached hydrogens (tertiary/aromatic N) is 1. The zero-order chi connectivity index (χ0) is 29.6. The van der Waals surface area contributed by atoms with Crippen LogP contribution in [0.3, 0.4) is 0 Å². The van der Waals surface area contributed by atoms with E-state index in [0.29, 0.717) is 6.61 Å². The Morgan fingerprint density at radius 1 is 0.925 bits per heavy atom. The average Bonchev–Trinajstić information content (AvgIpc) is 2.91. The van der Waals surface area contributed by atoms with Crippen LogP contribution in [0.1, 0.15) is 31.9 Å². The minimum atomic E-state index is -4.69. The predicted molar refractivity (Wildman–Crippen MR) is 146 cm³/mol. The van der Waals surface area contributed by atoms with Crippen molar-refractivity contribution in [3.8, 4) is 0 Å². The number of ether oxygens (including phenoxy) is 3. The molecule has 0 saturated carbocycles. The lowest BCUT2D eigenvalue weighted by molar-refractivity contribution is -0.171. The molecular formula is C27H39N2O10P. The maximum absolute atomic E-state index is 12.7. The number of likely N-dealkylation sites (N-methyl/N-ethyl adjacent to an activating group) is 1. The molecule has 2 rings (SSSR count). The molecule has 0 fully saturated rings. The first kappa shape index (κ1) is 33.4. The van der Waals surface area contributed by atoms with Crippen molar-refractivity contribution >= 4 is 19.8 Å². The fourth-order valence-corrected chi connectivity index (χ4v) is 3.90. The molecule has 13 heteroatoms. The van der Waals surface area contributed by atoms with E-state index in [-0.39, 0.29) is 19.8 Å². The standard InChI is InChI=1S/C27H39N2O10P/c1-27(2,3)39-26(31)28-24(25(30)29(4)34-5)20-38-40(32,33)37-19-23(36-17-22-14-10-7-11-15-22)18-35-16-21-12-8-6-9-13-21/h6-15,23-24H,16-20H2,1-5H3,(H,28,31)(H,32,33)/t23-,24+/m1/s1. The molecule has 2 aromatic rings. The average molecular weight is 583 g/mol. The number of phosphoric ester groups is 1. The summed E-state index contributed by atoms with van der Waals surface area (Å²) in [5, 5.41) is 3.16. The second-order valence-corrected chi connectivity index (χ2v) is 11.2. The quantitative estimate of drug-likeness (QED) is 0.221. The van der Waals surface area contributed by atoms with Gasteiger partial charge in [-0.05, 0) is 31.9 Å². The van der Waals surface area contributed by atoms with Gasteiger partial charge >= 0.3 is 13.9 Å². The highest BCUT2D eigenvalue weighted by molar-refractivity contribution is 7.47. The van der Waals surface area contributed by atoms with Crippen LogP contribution in [0.5, 0.6) is 0 Å². The SMILES string of the molecule is CON(C)C(=O)[C@H](COP(=O)(O)OC[C@@H](COCc1ccccc1)OCc1ccccc1)NC(=O)OC(C)(C)C. The number of nitrogens with one attached hydrogen (secondary N) is 1. The Kier molecular flexibility index (Phi) is 13.7. The van der Waals surface area contributed by atoms with E-state index in [0.717, 1.165) is 16.2 Å². The summed E-state index contributed by atoms with van der Waals surface area (Å²) in [7, 11) is -2.13. The number of alkyl carbamates (subject to hydrolysis) is 1. The molecule has 2 amide bonds. The van der Waals surface area contributed by atoms with Crippen LogP contribution in [0.4, 0.5) is 4.79 Å². The Labute approximate surface area is 235 Å². The van der Waals surface area contributed by atoms with Crippen molar-refractivity contribution in [2.24, 2.45) is 0 Å². The molecule has 40 heavy (non-hydrogen) atoms. The van der Waals surface area contributed by atoms with Gasteiger partial charge in [0.1, 0.15) is 17.7 Å². The van der Waals surface area contributed by atoms with Crippen LogP contribution in [0.25, 0.3) is 0 Å². The van der Waals surface area contributed by atoms with Gasteiger partial charge in [0, 0.05) is 7.05 Å². The number of hydroxylamine groups is 2. The van der Waals surface area contributed by atoms with E-state index in [1.165, 1.54) is 14.2 Å². The van der Waals surface area contributed by atoms with Crippen molar-refractivity contribution in [1.82, 2.24) is 10.4 Å². The molecule has 222 valence electrons. The van der Waals surface area contributed by atoms with E-state index in [2.05, 4.69) is 5.32 Å². The van der Waals surface area contributed by atoms with Crippen LogP contribution in [0, 0.1) is 0 Å². The topological polar surface area (TPSA) is 142 Å². The van der Waals surface area contributed by atoms with Crippen LogP contribution in [-0.4, -0.2) is 73.7 Å². The van der Waals surface area contributed by atoms with Gasteiger partial charge in [-0.3, -0.25) is 18.7 Å². The summed E-state index contributed by atoms with van der Waals surface area (Å²) in [5.74, 6) is -0.744. The molecular weight excluding hydrogens is 543 g/mol. The summed E-state index contributed by atoms with van der Waals surface area (Å²) in [6.45, 7) is 4.52. The number of phosphoric acid groups is 1. The first-order valence-corrected chi connectivity index (χ1v) is 14.1. The summed E-state index contributed by atoms with van der Waals surface area (Å²) in [6, 6.07) is 17.5. The summed E-state index contributed by atoms with van der Waals surface area (Å²) >= 11 is 0. The maximum atomic E-state index is 12.7. The fraction of sp³-hybridized carbons (Fsp3) is 0.481. The minimum absolute atomic E-state index is 0.0711. The van der Waals surface area contributed by atoms with Crippen LogP contribution < -0.4 is 5.32 Å². The molecule has 0 saturated heterocycles. The van der Waals surface area contributed by atoms with Crippen molar-refractivity contribution in [3.05, 3.63) is 71.8 Å². The molecule has 0 bridgehead atoms. The molecule has 1 unspecified atom stereocenters. The molecule has 0 heterocycles. The maximum Gasteiger partial charge on any atom is 0.472 e. The first-order chi connectivity index (χ1) is 18.9. The number of hydrogen-bond donors (Lipinski definition) is 2. The van der Waals surface area contributed by atoms with Gasteiger partial charge in [-0.15, -0.1) is 0 Å². The number of carbonyl (C=O) groups excluding carboxylic acids is 2. The molecule has 0 spiro atoms. The largest absolute Gasteiger partial charge is 0.472 e. The molecule has 0 aliphatic heterocycles. The van der Waals surface area contributed by atoms with Gasteiger partial charge in [0.15, 0.2) is 0 Å². The van der Waals surface area contributed by atoms with Crippen LogP contribution in [-0.2, 0) is 50.7 Å². The number of rotatable bonds is 16. The predicted octanol–water partition coefficient (Wildman–Crippen LogP) is 3.84. The zero-order valence-electron chi connectivity index (χ0n) is 23.5. The Bertz CT molecular complexity index is 1080. The van der Waals surface area contributed by atoms with Crippen molar-refractivity contribution in [2.45, 2.75) is 51.7 Å². The third kappa shape index (κ3) is 13.5. The van der Waals surface area contributed by atoms with Gasteiger partial charge in [0.2, 0.25) is 0 Å². The van der Waals surface area contributed by atoms with E-state index in [1.807, 2.05) is 60.7 Å². The van der Waals surface area contributed by atoms with Crippen molar-refractivity contribution in [3.63, 3.8) is 0 Å². The third-order valence-corrected chi connectivity index (χ3v) is 6.10. The number of carbonyl (C=O) groups is 2. The van der Waals surface area contributed by atoms with Crippen LogP contribution >= 0.6 is 7.82 Å². The Morgan fingerprint density at radius 2 is 1.48 bits per heavy atom. The molecule has 0 radical (unpaired) electrons. The Morgan fingerprint density at radius 3 is 2.02 bits per heavy atom. The van der Waals surface area contributed by atoms with E-state index in [1.54, 1.807) is 20.8 Å². The summed E-state index contributed by atoms with van der Waals surface area (Å²) < 4.78 is 39.7. The molecule has 12 nitrogen and oxygen atoms in total. The van der Waals surface area contributed by atoms with Gasteiger partial charge in [-0.2, -0.15) is 0 Å². The van der Waals surface area contributed by atoms with Gasteiger partial charge in [-0.25, -0.2) is 14.4 Å². The van der Waals surface area contributed by atoms with Gasteiger partial charge in [0.25, 0.3) is 5.91 Å². The molecule has 0 aliphatic carbocycles. The van der Waals surface area contributed by atoms with Crippen molar-refractivity contribution < 1.29 is 47.1 Å². The van der Waals surface area contributed by atoms with E-state index >= 15 is 0 Å². The van der Waals surface area contributed by atoms with Gasteiger partial charge in [-0.1, -0.05) is 60.7 Å². The van der Waals surface area contributed by atoms with E-state index in [9.17, 15) is 19.0 Å². The molecule has 0 aromatic heterocycles. The monoisotopic (exact) mass is 582 g/mol. The highest BCUT2D eigenvalue weighted by Gasteiger charge is 2.32. The highest BCUT2D eigenvalue weighted by atomic mass is 31.2. The molecule has 2 aromatic carbocycles. The summed E-state index contributed by atoms with van der Waals surface area (Å²) in [6.07, 6.45) is -1.64. The van der Waals surface area contributed by atoms with Gasteiger partial charge < -0.3 is 24.4 Å². The van der Waals surface area contributed by atoms with E-state index in [4.69, 9.17) is 28.1 Å². The lowest BCUT2D eigenvalue weighted by Gasteiger charge is -2.26. The zero-order valence-corrected chi connectivity index (χ0v) is 24.4. The second-order valence-electron chi connectivity index (χ2n) is 9.70. The highest BCUT2D eigenvalue weighted by Crippen LogP contribution is 2.43. The number of benzene rings is 2. The summed E-state index contributed by atoms with van der Waals surface area (Å²) in [5.41, 5.74) is 1.02. The number of amides is 2. The van der Waals surface area contributed by atoms with E-state index < -0.39 is 44.2 Å². The Hall–Kier alpha value is -2.83. The number of hydrogen-bond acceptors (Lipinski definition) is 9.